The first kappa shape index (κ1) is 9.21. The van der Waals surface area contributed by atoms with Gasteiger partial charge in [-0.1, -0.05) is 28.1 Å². The highest BCUT2D eigenvalue weighted by Crippen LogP contribution is 2.27. The SMILES string of the molecule is O=S1(=O)CCc2ccc(CBr)cc21. The van der Waals surface area contributed by atoms with Crippen molar-refractivity contribution in [3.8, 4) is 0 Å². The first-order valence-electron chi connectivity index (χ1n) is 4.04. The maximum atomic E-state index is 11.5. The van der Waals surface area contributed by atoms with Gasteiger partial charge in [-0.3, -0.25) is 0 Å². The zero-order valence-corrected chi connectivity index (χ0v) is 9.36. The van der Waals surface area contributed by atoms with Crippen molar-refractivity contribution in [1.82, 2.24) is 0 Å². The van der Waals surface area contributed by atoms with Crippen LogP contribution < -0.4 is 0 Å². The van der Waals surface area contributed by atoms with E-state index in [2.05, 4.69) is 15.9 Å². The molecule has 1 aliphatic rings. The minimum Gasteiger partial charge on any atom is -0.224 e. The van der Waals surface area contributed by atoms with Crippen LogP contribution in [0.5, 0.6) is 0 Å². The van der Waals surface area contributed by atoms with Gasteiger partial charge in [-0.05, 0) is 23.6 Å². The number of alkyl halides is 1. The van der Waals surface area contributed by atoms with Gasteiger partial charge >= 0.3 is 0 Å². The summed E-state index contributed by atoms with van der Waals surface area (Å²) in [6.07, 6.45) is 0.667. The summed E-state index contributed by atoms with van der Waals surface area (Å²) >= 11 is 3.31. The van der Waals surface area contributed by atoms with Crippen LogP contribution in [0.15, 0.2) is 23.1 Å². The number of aryl methyl sites for hydroxylation is 1. The van der Waals surface area contributed by atoms with Crippen LogP contribution in [0.2, 0.25) is 0 Å². The standard InChI is InChI=1S/C9H9BrO2S/c10-6-7-1-2-8-3-4-13(11,12)9(8)5-7/h1-2,5H,3-4,6H2. The topological polar surface area (TPSA) is 34.1 Å². The summed E-state index contributed by atoms with van der Waals surface area (Å²) in [5.41, 5.74) is 1.98. The third-order valence-corrected chi connectivity index (χ3v) is 4.70. The van der Waals surface area contributed by atoms with Crippen molar-refractivity contribution in [3.63, 3.8) is 0 Å². The molecule has 0 N–H and O–H groups in total. The Hall–Kier alpha value is -0.350. The molecule has 0 fully saturated rings. The molecular weight excluding hydrogens is 252 g/mol. The molecular formula is C9H9BrO2S. The van der Waals surface area contributed by atoms with Gasteiger partial charge in [0.15, 0.2) is 9.84 Å². The minimum absolute atomic E-state index is 0.272. The highest BCUT2D eigenvalue weighted by molar-refractivity contribution is 9.08. The summed E-state index contributed by atoms with van der Waals surface area (Å²) < 4.78 is 23.0. The van der Waals surface area contributed by atoms with E-state index in [9.17, 15) is 8.42 Å². The van der Waals surface area contributed by atoms with Gasteiger partial charge in [0.25, 0.3) is 0 Å². The quantitative estimate of drug-likeness (QED) is 0.724. The van der Waals surface area contributed by atoms with Crippen LogP contribution in [0.3, 0.4) is 0 Å². The van der Waals surface area contributed by atoms with Crippen molar-refractivity contribution < 1.29 is 8.42 Å². The van der Waals surface area contributed by atoms with Crippen molar-refractivity contribution in [3.05, 3.63) is 29.3 Å². The third kappa shape index (κ3) is 1.53. The first-order valence-corrected chi connectivity index (χ1v) is 6.81. The molecule has 13 heavy (non-hydrogen) atoms. The zero-order valence-electron chi connectivity index (χ0n) is 6.96. The fourth-order valence-corrected chi connectivity index (χ4v) is 3.49. The molecule has 0 saturated heterocycles. The monoisotopic (exact) mass is 260 g/mol. The number of benzene rings is 1. The van der Waals surface area contributed by atoms with Gasteiger partial charge in [0, 0.05) is 5.33 Å². The highest BCUT2D eigenvalue weighted by Gasteiger charge is 2.25. The van der Waals surface area contributed by atoms with E-state index in [0.717, 1.165) is 11.1 Å². The summed E-state index contributed by atoms with van der Waals surface area (Å²) in [5.74, 6) is 0.272. The molecule has 2 rings (SSSR count). The minimum atomic E-state index is -2.96. The lowest BCUT2D eigenvalue weighted by Gasteiger charge is -2.00. The van der Waals surface area contributed by atoms with Crippen LogP contribution in [0.1, 0.15) is 11.1 Å². The molecule has 70 valence electrons. The van der Waals surface area contributed by atoms with Gasteiger partial charge in [-0.2, -0.15) is 0 Å². The van der Waals surface area contributed by atoms with Gasteiger partial charge < -0.3 is 0 Å². The van der Waals surface area contributed by atoms with E-state index >= 15 is 0 Å². The van der Waals surface area contributed by atoms with E-state index in [1.165, 1.54) is 0 Å². The Bertz CT molecular complexity index is 437. The lowest BCUT2D eigenvalue weighted by molar-refractivity contribution is 0.600. The second-order valence-electron chi connectivity index (χ2n) is 3.14. The zero-order chi connectivity index (χ0) is 9.47. The Morgan fingerprint density at radius 2 is 2.15 bits per heavy atom. The number of hydrogen-bond acceptors (Lipinski definition) is 2. The molecule has 0 unspecified atom stereocenters. The van der Waals surface area contributed by atoms with E-state index in [1.807, 2.05) is 12.1 Å². The Balaban J connectivity index is 2.63. The van der Waals surface area contributed by atoms with Crippen molar-refractivity contribution in [1.29, 1.82) is 0 Å². The van der Waals surface area contributed by atoms with Crippen molar-refractivity contribution >= 4 is 25.8 Å². The Kier molecular flexibility index (Phi) is 2.20. The number of sulfone groups is 1. The summed E-state index contributed by atoms with van der Waals surface area (Å²) in [4.78, 5) is 0.532. The van der Waals surface area contributed by atoms with Crippen molar-refractivity contribution in [2.24, 2.45) is 0 Å². The van der Waals surface area contributed by atoms with E-state index in [4.69, 9.17) is 0 Å². The summed E-state index contributed by atoms with van der Waals surface area (Å²) in [6, 6.07) is 5.65. The summed E-state index contributed by atoms with van der Waals surface area (Å²) in [6.45, 7) is 0. The second-order valence-corrected chi connectivity index (χ2v) is 5.78. The number of halogens is 1. The fraction of sp³-hybridized carbons (Fsp3) is 0.333. The molecule has 0 aliphatic carbocycles. The van der Waals surface area contributed by atoms with Crippen LogP contribution in [0.4, 0.5) is 0 Å². The van der Waals surface area contributed by atoms with E-state index < -0.39 is 9.84 Å². The predicted molar refractivity (Wildman–Crippen MR) is 54.8 cm³/mol. The largest absolute Gasteiger partial charge is 0.224 e. The molecule has 0 spiro atoms. The van der Waals surface area contributed by atoms with Crippen molar-refractivity contribution in [2.75, 3.05) is 5.75 Å². The smallest absolute Gasteiger partial charge is 0.178 e. The highest BCUT2D eigenvalue weighted by atomic mass is 79.9. The number of rotatable bonds is 1. The van der Waals surface area contributed by atoms with E-state index in [0.29, 0.717) is 16.6 Å². The fourth-order valence-electron chi connectivity index (χ4n) is 1.53. The van der Waals surface area contributed by atoms with Crippen molar-refractivity contribution in [2.45, 2.75) is 16.6 Å². The van der Waals surface area contributed by atoms with Gasteiger partial charge in [0.1, 0.15) is 0 Å². The summed E-state index contributed by atoms with van der Waals surface area (Å²) in [7, 11) is -2.96. The predicted octanol–water partition coefficient (Wildman–Crippen LogP) is 1.91. The first-order chi connectivity index (χ1) is 6.13. The lowest BCUT2D eigenvalue weighted by atomic mass is 10.1. The van der Waals surface area contributed by atoms with Gasteiger partial charge in [0.2, 0.25) is 0 Å². The third-order valence-electron chi connectivity index (χ3n) is 2.26. The summed E-state index contributed by atoms with van der Waals surface area (Å²) in [5, 5.41) is 0.704. The average molecular weight is 261 g/mol. The van der Waals surface area contributed by atoms with Crippen LogP contribution in [0.25, 0.3) is 0 Å². The average Bonchev–Trinajstić information content (AvgIpc) is 2.42. The molecule has 0 amide bonds. The van der Waals surface area contributed by atoms with Crippen LogP contribution in [0, 0.1) is 0 Å². The van der Waals surface area contributed by atoms with Crippen LogP contribution >= 0.6 is 15.9 Å². The van der Waals surface area contributed by atoms with Gasteiger partial charge in [0.05, 0.1) is 10.6 Å². The molecule has 0 bridgehead atoms. The normalized spacial score (nSPS) is 18.5. The maximum absolute atomic E-state index is 11.5. The Morgan fingerprint density at radius 1 is 1.38 bits per heavy atom. The van der Waals surface area contributed by atoms with Crippen LogP contribution in [-0.4, -0.2) is 14.2 Å². The molecule has 1 aromatic rings. The molecule has 0 aromatic heterocycles. The number of fused-ring (bicyclic) bond motifs is 1. The van der Waals surface area contributed by atoms with Crippen LogP contribution in [-0.2, 0) is 21.6 Å². The molecule has 1 heterocycles. The lowest BCUT2D eigenvalue weighted by Crippen LogP contribution is -1.98. The molecule has 1 aliphatic heterocycles. The molecule has 0 radical (unpaired) electrons. The maximum Gasteiger partial charge on any atom is 0.178 e. The molecule has 0 atom stereocenters. The van der Waals surface area contributed by atoms with Gasteiger partial charge in [-0.15, -0.1) is 0 Å². The molecule has 2 nitrogen and oxygen atoms in total. The van der Waals surface area contributed by atoms with E-state index in [-0.39, 0.29) is 5.75 Å². The molecule has 4 heteroatoms. The van der Waals surface area contributed by atoms with Gasteiger partial charge in [-0.25, -0.2) is 8.42 Å². The Morgan fingerprint density at radius 3 is 2.85 bits per heavy atom. The second kappa shape index (κ2) is 3.10. The van der Waals surface area contributed by atoms with E-state index in [1.54, 1.807) is 6.07 Å². The number of hydrogen-bond donors (Lipinski definition) is 0. The molecule has 1 aromatic carbocycles. The Labute approximate surface area is 86.0 Å². The molecule has 0 saturated carbocycles.